The number of hydrogen-bond donors (Lipinski definition) is 1. The third-order valence-electron chi connectivity index (χ3n) is 3.57. The molecule has 0 aliphatic heterocycles. The van der Waals surface area contributed by atoms with Crippen molar-refractivity contribution in [1.29, 1.82) is 0 Å². The van der Waals surface area contributed by atoms with E-state index in [1.807, 2.05) is 30.3 Å². The smallest absolute Gasteiger partial charge is 0.244 e. The summed E-state index contributed by atoms with van der Waals surface area (Å²) in [6.07, 6.45) is 0.365. The van der Waals surface area contributed by atoms with Crippen LogP contribution in [0.1, 0.15) is 6.42 Å². The number of hydrogen-bond acceptors (Lipinski definition) is 4. The average Bonchev–Trinajstić information content (AvgIpc) is 2.62. The summed E-state index contributed by atoms with van der Waals surface area (Å²) in [6.45, 7) is -0.0372. The molecule has 26 heavy (non-hydrogen) atoms. The fourth-order valence-electron chi connectivity index (χ4n) is 2.23. The molecular formula is C19H21ClN2O3S. The maximum absolute atomic E-state index is 12.2. The van der Waals surface area contributed by atoms with Gasteiger partial charge in [-0.3, -0.25) is 9.59 Å². The molecule has 7 heteroatoms. The van der Waals surface area contributed by atoms with Crippen LogP contribution in [0.15, 0.2) is 53.4 Å². The number of nitrogens with one attached hydrogen (secondary N) is 1. The first-order valence-corrected chi connectivity index (χ1v) is 9.41. The molecule has 2 rings (SSSR count). The molecule has 0 saturated carbocycles. The number of anilines is 1. The Morgan fingerprint density at radius 1 is 1.19 bits per heavy atom. The molecule has 1 N–H and O–H groups in total. The first-order valence-electron chi connectivity index (χ1n) is 8.05. The van der Waals surface area contributed by atoms with Crippen LogP contribution in [0.25, 0.3) is 0 Å². The molecule has 0 heterocycles. The van der Waals surface area contributed by atoms with Crippen LogP contribution in [0.3, 0.4) is 0 Å². The summed E-state index contributed by atoms with van der Waals surface area (Å²) in [7, 11) is 3.13. The SMILES string of the molecule is COc1ccc(Cl)cc1NC(=O)CN(C)C(=O)CCSc1ccccc1. The second-order valence-corrected chi connectivity index (χ2v) is 7.16. The number of methoxy groups -OCH3 is 1. The zero-order valence-electron chi connectivity index (χ0n) is 14.7. The van der Waals surface area contributed by atoms with Gasteiger partial charge in [0.25, 0.3) is 0 Å². The molecular weight excluding hydrogens is 372 g/mol. The Morgan fingerprint density at radius 2 is 1.92 bits per heavy atom. The van der Waals surface area contributed by atoms with E-state index in [9.17, 15) is 9.59 Å². The quantitative estimate of drug-likeness (QED) is 0.691. The van der Waals surface area contributed by atoms with Gasteiger partial charge >= 0.3 is 0 Å². The van der Waals surface area contributed by atoms with E-state index in [0.29, 0.717) is 28.6 Å². The lowest BCUT2D eigenvalue weighted by atomic mass is 10.3. The predicted molar refractivity (Wildman–Crippen MR) is 106 cm³/mol. The molecule has 0 aliphatic rings. The summed E-state index contributed by atoms with van der Waals surface area (Å²) in [5, 5.41) is 3.21. The number of likely N-dealkylation sites (N-methyl/N-ethyl adjacent to an activating group) is 1. The number of amides is 2. The molecule has 0 bridgehead atoms. The minimum atomic E-state index is -0.308. The maximum atomic E-state index is 12.2. The maximum Gasteiger partial charge on any atom is 0.244 e. The lowest BCUT2D eigenvalue weighted by molar-refractivity contribution is -0.132. The standard InChI is InChI=1S/C19H21ClN2O3S/c1-22(19(24)10-11-26-15-6-4-3-5-7-15)13-18(23)21-16-12-14(20)8-9-17(16)25-2/h3-9,12H,10-11,13H2,1-2H3,(H,21,23). The van der Waals surface area contributed by atoms with E-state index in [2.05, 4.69) is 5.32 Å². The van der Waals surface area contributed by atoms with Crippen LogP contribution < -0.4 is 10.1 Å². The number of halogens is 1. The van der Waals surface area contributed by atoms with Crippen molar-refractivity contribution in [3.63, 3.8) is 0 Å². The second kappa shape index (κ2) is 10.1. The van der Waals surface area contributed by atoms with Crippen molar-refractivity contribution < 1.29 is 14.3 Å². The minimum absolute atomic E-state index is 0.0372. The molecule has 0 radical (unpaired) electrons. The van der Waals surface area contributed by atoms with Crippen molar-refractivity contribution in [3.05, 3.63) is 53.6 Å². The van der Waals surface area contributed by atoms with E-state index < -0.39 is 0 Å². The molecule has 0 fully saturated rings. The van der Waals surface area contributed by atoms with Crippen LogP contribution in [0.2, 0.25) is 5.02 Å². The van der Waals surface area contributed by atoms with E-state index >= 15 is 0 Å². The van der Waals surface area contributed by atoms with Crippen LogP contribution in [0.4, 0.5) is 5.69 Å². The third-order valence-corrected chi connectivity index (χ3v) is 4.82. The normalized spacial score (nSPS) is 10.3. The van der Waals surface area contributed by atoms with Gasteiger partial charge in [0.2, 0.25) is 11.8 Å². The predicted octanol–water partition coefficient (Wildman–Crippen LogP) is 3.93. The molecule has 0 atom stereocenters. The Balaban J connectivity index is 1.80. The first kappa shape index (κ1) is 20.1. The van der Waals surface area contributed by atoms with Crippen LogP contribution in [0, 0.1) is 0 Å². The van der Waals surface area contributed by atoms with Crippen molar-refractivity contribution in [2.24, 2.45) is 0 Å². The molecule has 0 aliphatic carbocycles. The molecule has 5 nitrogen and oxygen atoms in total. The molecule has 2 aromatic carbocycles. The Labute approximate surface area is 162 Å². The number of nitrogens with zero attached hydrogens (tertiary/aromatic N) is 1. The Bertz CT molecular complexity index is 756. The lowest BCUT2D eigenvalue weighted by Gasteiger charge is -2.17. The van der Waals surface area contributed by atoms with E-state index in [4.69, 9.17) is 16.3 Å². The highest BCUT2D eigenvalue weighted by Gasteiger charge is 2.14. The van der Waals surface area contributed by atoms with Crippen molar-refractivity contribution in [3.8, 4) is 5.75 Å². The van der Waals surface area contributed by atoms with Gasteiger partial charge in [0.15, 0.2) is 0 Å². The number of thioether (sulfide) groups is 1. The van der Waals surface area contributed by atoms with E-state index in [1.54, 1.807) is 37.0 Å². The number of carbonyl (C=O) groups is 2. The molecule has 0 saturated heterocycles. The Hall–Kier alpha value is -2.18. The molecule has 0 unspecified atom stereocenters. The fraction of sp³-hybridized carbons (Fsp3) is 0.263. The molecule has 0 aromatic heterocycles. The summed E-state index contributed by atoms with van der Waals surface area (Å²) in [5.74, 6) is 0.784. The summed E-state index contributed by atoms with van der Waals surface area (Å²) >= 11 is 7.56. The van der Waals surface area contributed by atoms with Crippen LogP contribution >= 0.6 is 23.4 Å². The van der Waals surface area contributed by atoms with Crippen LogP contribution in [-0.4, -0.2) is 43.2 Å². The van der Waals surface area contributed by atoms with E-state index in [0.717, 1.165) is 4.90 Å². The van der Waals surface area contributed by atoms with Crippen molar-refractivity contribution in [1.82, 2.24) is 4.90 Å². The third kappa shape index (κ3) is 6.28. The highest BCUT2D eigenvalue weighted by atomic mass is 35.5. The first-order chi connectivity index (χ1) is 12.5. The second-order valence-electron chi connectivity index (χ2n) is 5.55. The zero-order valence-corrected chi connectivity index (χ0v) is 16.3. The van der Waals surface area contributed by atoms with E-state index in [-0.39, 0.29) is 18.4 Å². The average molecular weight is 393 g/mol. The lowest BCUT2D eigenvalue weighted by Crippen LogP contribution is -2.35. The number of benzene rings is 2. The number of rotatable bonds is 8. The minimum Gasteiger partial charge on any atom is -0.495 e. The summed E-state index contributed by atoms with van der Waals surface area (Å²) in [4.78, 5) is 26.9. The largest absolute Gasteiger partial charge is 0.495 e. The molecule has 138 valence electrons. The summed E-state index contributed by atoms with van der Waals surface area (Å²) in [6, 6.07) is 14.8. The van der Waals surface area contributed by atoms with E-state index in [1.165, 1.54) is 12.0 Å². The highest BCUT2D eigenvalue weighted by Crippen LogP contribution is 2.27. The molecule has 0 spiro atoms. The Morgan fingerprint density at radius 3 is 2.62 bits per heavy atom. The van der Waals surface area contributed by atoms with Gasteiger partial charge in [0.05, 0.1) is 19.3 Å². The summed E-state index contributed by atoms with van der Waals surface area (Å²) < 4.78 is 5.19. The van der Waals surface area contributed by atoms with Gasteiger partial charge in [-0.05, 0) is 30.3 Å². The van der Waals surface area contributed by atoms with Crippen LogP contribution in [-0.2, 0) is 9.59 Å². The van der Waals surface area contributed by atoms with Gasteiger partial charge in [-0.15, -0.1) is 11.8 Å². The van der Waals surface area contributed by atoms with Gasteiger partial charge < -0.3 is 15.0 Å². The van der Waals surface area contributed by atoms with Gasteiger partial charge in [-0.2, -0.15) is 0 Å². The number of carbonyl (C=O) groups excluding carboxylic acids is 2. The van der Waals surface area contributed by atoms with Crippen molar-refractivity contribution in [2.75, 3.05) is 31.8 Å². The summed E-state index contributed by atoms with van der Waals surface area (Å²) in [5.41, 5.74) is 0.477. The van der Waals surface area contributed by atoms with Gasteiger partial charge in [0.1, 0.15) is 5.75 Å². The van der Waals surface area contributed by atoms with Crippen molar-refractivity contribution >= 4 is 40.9 Å². The van der Waals surface area contributed by atoms with Crippen LogP contribution in [0.5, 0.6) is 5.75 Å². The number of ether oxygens (including phenoxy) is 1. The fourth-order valence-corrected chi connectivity index (χ4v) is 3.27. The van der Waals surface area contributed by atoms with Gasteiger partial charge in [-0.25, -0.2) is 0 Å². The molecule has 2 aromatic rings. The zero-order chi connectivity index (χ0) is 18.9. The topological polar surface area (TPSA) is 58.6 Å². The molecule has 2 amide bonds. The Kier molecular flexibility index (Phi) is 7.81. The highest BCUT2D eigenvalue weighted by molar-refractivity contribution is 7.99. The van der Waals surface area contributed by atoms with Gasteiger partial charge in [-0.1, -0.05) is 29.8 Å². The van der Waals surface area contributed by atoms with Crippen molar-refractivity contribution in [2.45, 2.75) is 11.3 Å². The monoisotopic (exact) mass is 392 g/mol. The van der Waals surface area contributed by atoms with Gasteiger partial charge in [0, 0.05) is 29.1 Å².